The smallest absolute Gasteiger partial charge is 0.0436 e. The third-order valence-electron chi connectivity index (χ3n) is 4.28. The molecule has 1 atom stereocenters. The largest absolute Gasteiger partial charge is 0.396 e. The molecule has 0 saturated heterocycles. The zero-order chi connectivity index (χ0) is 14.6. The summed E-state index contributed by atoms with van der Waals surface area (Å²) in [6.07, 6.45) is 6.69. The van der Waals surface area contributed by atoms with Gasteiger partial charge in [0.25, 0.3) is 0 Å². The fraction of sp³-hybridized carbons (Fsp3) is 0.647. The molecule has 0 radical (unpaired) electrons. The van der Waals surface area contributed by atoms with E-state index >= 15 is 0 Å². The predicted molar refractivity (Wildman–Crippen MR) is 87.4 cm³/mol. The summed E-state index contributed by atoms with van der Waals surface area (Å²) in [5.74, 6) is 0. The number of rotatable bonds is 6. The van der Waals surface area contributed by atoms with Gasteiger partial charge in [-0.25, -0.2) is 0 Å². The molecule has 0 heterocycles. The minimum Gasteiger partial charge on any atom is -0.396 e. The van der Waals surface area contributed by atoms with Gasteiger partial charge in [-0.2, -0.15) is 0 Å². The SMILES string of the molecule is CSc1ccc2c(c1)CCCC2NCC(C)(C)CCO. The van der Waals surface area contributed by atoms with E-state index in [1.165, 1.54) is 35.3 Å². The standard InChI is InChI=1S/C17H27NOS/c1-17(2,9-10-19)12-18-16-6-4-5-13-11-14(20-3)7-8-15(13)16/h7-8,11,16,18-19H,4-6,9-10,12H2,1-3H3. The van der Waals surface area contributed by atoms with E-state index in [2.05, 4.69) is 43.6 Å². The van der Waals surface area contributed by atoms with Crippen molar-refractivity contribution in [2.24, 2.45) is 5.41 Å². The van der Waals surface area contributed by atoms with E-state index in [9.17, 15) is 0 Å². The maximum atomic E-state index is 9.12. The fourth-order valence-electron chi connectivity index (χ4n) is 2.92. The van der Waals surface area contributed by atoms with Crippen molar-refractivity contribution in [1.29, 1.82) is 0 Å². The second kappa shape index (κ2) is 6.97. The van der Waals surface area contributed by atoms with Gasteiger partial charge in [-0.15, -0.1) is 11.8 Å². The Bertz CT molecular complexity index is 445. The summed E-state index contributed by atoms with van der Waals surface area (Å²) in [6, 6.07) is 7.37. The number of hydrogen-bond donors (Lipinski definition) is 2. The van der Waals surface area contributed by atoms with Crippen LogP contribution in [0.1, 0.15) is 50.3 Å². The molecular formula is C17H27NOS. The van der Waals surface area contributed by atoms with E-state index in [0.29, 0.717) is 6.04 Å². The molecule has 1 aromatic rings. The Labute approximate surface area is 127 Å². The molecule has 2 nitrogen and oxygen atoms in total. The van der Waals surface area contributed by atoms with E-state index in [4.69, 9.17) is 5.11 Å². The highest BCUT2D eigenvalue weighted by Gasteiger charge is 2.23. The van der Waals surface area contributed by atoms with Gasteiger partial charge in [-0.1, -0.05) is 19.9 Å². The van der Waals surface area contributed by atoms with Gasteiger partial charge in [0, 0.05) is 24.1 Å². The summed E-state index contributed by atoms with van der Waals surface area (Å²) in [7, 11) is 0. The van der Waals surface area contributed by atoms with E-state index in [0.717, 1.165) is 13.0 Å². The van der Waals surface area contributed by atoms with Crippen LogP contribution < -0.4 is 5.32 Å². The highest BCUT2D eigenvalue weighted by atomic mass is 32.2. The Morgan fingerprint density at radius 2 is 2.20 bits per heavy atom. The number of nitrogens with one attached hydrogen (secondary N) is 1. The molecule has 2 N–H and O–H groups in total. The average Bonchev–Trinajstić information content (AvgIpc) is 2.44. The molecule has 3 heteroatoms. The molecule has 1 unspecified atom stereocenters. The second-order valence-corrected chi connectivity index (χ2v) is 7.41. The topological polar surface area (TPSA) is 32.3 Å². The van der Waals surface area contributed by atoms with Crippen molar-refractivity contribution in [1.82, 2.24) is 5.32 Å². The zero-order valence-electron chi connectivity index (χ0n) is 12.9. The van der Waals surface area contributed by atoms with Gasteiger partial charge < -0.3 is 10.4 Å². The first kappa shape index (κ1) is 15.9. The molecule has 0 aromatic heterocycles. The lowest BCUT2D eigenvalue weighted by Gasteiger charge is -2.31. The van der Waals surface area contributed by atoms with Crippen LogP contribution in [0.25, 0.3) is 0 Å². The summed E-state index contributed by atoms with van der Waals surface area (Å²) < 4.78 is 0. The number of aliphatic hydroxyl groups excluding tert-OH is 1. The van der Waals surface area contributed by atoms with Gasteiger partial charge in [-0.05, 0) is 60.6 Å². The Morgan fingerprint density at radius 1 is 1.40 bits per heavy atom. The van der Waals surface area contributed by atoms with Crippen LogP contribution in [0.3, 0.4) is 0 Å². The van der Waals surface area contributed by atoms with Crippen molar-refractivity contribution >= 4 is 11.8 Å². The average molecular weight is 293 g/mol. The molecule has 20 heavy (non-hydrogen) atoms. The highest BCUT2D eigenvalue weighted by molar-refractivity contribution is 7.98. The lowest BCUT2D eigenvalue weighted by Crippen LogP contribution is -2.34. The molecule has 112 valence electrons. The normalized spacial score (nSPS) is 18.9. The first-order chi connectivity index (χ1) is 9.55. The van der Waals surface area contributed by atoms with E-state index in [1.54, 1.807) is 0 Å². The quantitative estimate of drug-likeness (QED) is 0.783. The van der Waals surface area contributed by atoms with Crippen LogP contribution in [0, 0.1) is 5.41 Å². The van der Waals surface area contributed by atoms with Gasteiger partial charge in [0.2, 0.25) is 0 Å². The molecule has 0 bridgehead atoms. The number of aliphatic hydroxyl groups is 1. The van der Waals surface area contributed by atoms with Crippen LogP contribution in [0.5, 0.6) is 0 Å². The van der Waals surface area contributed by atoms with Crippen LogP contribution in [-0.2, 0) is 6.42 Å². The molecular weight excluding hydrogens is 266 g/mol. The number of aryl methyl sites for hydroxylation is 1. The van der Waals surface area contributed by atoms with Crippen molar-refractivity contribution < 1.29 is 5.11 Å². The van der Waals surface area contributed by atoms with Crippen molar-refractivity contribution in [3.05, 3.63) is 29.3 Å². The molecule has 1 aliphatic rings. The predicted octanol–water partition coefficient (Wildman–Crippen LogP) is 3.78. The van der Waals surface area contributed by atoms with Crippen LogP contribution >= 0.6 is 11.8 Å². The Hall–Kier alpha value is -0.510. The Balaban J connectivity index is 2.05. The maximum absolute atomic E-state index is 9.12. The fourth-order valence-corrected chi connectivity index (χ4v) is 3.38. The van der Waals surface area contributed by atoms with Crippen LogP contribution in [0.2, 0.25) is 0 Å². The summed E-state index contributed by atoms with van der Waals surface area (Å²) in [5, 5.41) is 12.8. The minimum atomic E-state index is 0.158. The van der Waals surface area contributed by atoms with Gasteiger partial charge in [-0.3, -0.25) is 0 Å². The summed E-state index contributed by atoms with van der Waals surface area (Å²) >= 11 is 1.82. The third-order valence-corrected chi connectivity index (χ3v) is 5.01. The number of fused-ring (bicyclic) bond motifs is 1. The van der Waals surface area contributed by atoms with Gasteiger partial charge in [0.05, 0.1) is 0 Å². The monoisotopic (exact) mass is 293 g/mol. The maximum Gasteiger partial charge on any atom is 0.0436 e. The van der Waals surface area contributed by atoms with Crippen molar-refractivity contribution in [2.45, 2.75) is 50.5 Å². The van der Waals surface area contributed by atoms with Gasteiger partial charge >= 0.3 is 0 Å². The Morgan fingerprint density at radius 3 is 2.90 bits per heavy atom. The molecule has 1 aliphatic carbocycles. The highest BCUT2D eigenvalue weighted by Crippen LogP contribution is 2.33. The lowest BCUT2D eigenvalue weighted by molar-refractivity contribution is 0.201. The second-order valence-electron chi connectivity index (χ2n) is 6.53. The first-order valence-corrected chi connectivity index (χ1v) is 8.79. The van der Waals surface area contributed by atoms with Crippen LogP contribution in [0.15, 0.2) is 23.1 Å². The minimum absolute atomic E-state index is 0.158. The molecule has 0 amide bonds. The van der Waals surface area contributed by atoms with Crippen molar-refractivity contribution in [3.63, 3.8) is 0 Å². The number of hydrogen-bond acceptors (Lipinski definition) is 3. The van der Waals surface area contributed by atoms with Crippen molar-refractivity contribution in [3.8, 4) is 0 Å². The number of benzene rings is 1. The lowest BCUT2D eigenvalue weighted by atomic mass is 9.85. The molecule has 0 saturated carbocycles. The van der Waals surface area contributed by atoms with Gasteiger partial charge in [0.1, 0.15) is 0 Å². The summed E-state index contributed by atoms with van der Waals surface area (Å²) in [6.45, 7) is 5.67. The first-order valence-electron chi connectivity index (χ1n) is 7.57. The summed E-state index contributed by atoms with van der Waals surface area (Å²) in [5.41, 5.74) is 3.15. The van der Waals surface area contributed by atoms with Crippen LogP contribution in [-0.4, -0.2) is 24.5 Å². The van der Waals surface area contributed by atoms with Crippen LogP contribution in [0.4, 0.5) is 0 Å². The molecule has 1 aromatic carbocycles. The molecule has 0 aliphatic heterocycles. The molecule has 2 rings (SSSR count). The number of thioether (sulfide) groups is 1. The van der Waals surface area contributed by atoms with E-state index in [1.807, 2.05) is 11.8 Å². The van der Waals surface area contributed by atoms with Crippen molar-refractivity contribution in [2.75, 3.05) is 19.4 Å². The van der Waals surface area contributed by atoms with Gasteiger partial charge in [0.15, 0.2) is 0 Å². The van der Waals surface area contributed by atoms with E-state index < -0.39 is 0 Å². The summed E-state index contributed by atoms with van der Waals surface area (Å²) in [4.78, 5) is 1.37. The third kappa shape index (κ3) is 4.00. The molecule has 0 spiro atoms. The zero-order valence-corrected chi connectivity index (χ0v) is 13.7. The molecule has 0 fully saturated rings. The van der Waals surface area contributed by atoms with E-state index in [-0.39, 0.29) is 12.0 Å². The Kier molecular flexibility index (Phi) is 5.53.